The fourth-order valence-electron chi connectivity index (χ4n) is 3.27. The van der Waals surface area contributed by atoms with Crippen molar-refractivity contribution in [2.24, 2.45) is 0 Å². The molecule has 0 atom stereocenters. The molecular formula is C23H22BrN5O2. The second kappa shape index (κ2) is 9.18. The maximum atomic E-state index is 12.6. The molecule has 0 spiro atoms. The number of nitrogens with zero attached hydrogens (tertiary/aromatic N) is 4. The van der Waals surface area contributed by atoms with E-state index in [4.69, 9.17) is 4.74 Å². The van der Waals surface area contributed by atoms with Crippen LogP contribution in [0.2, 0.25) is 0 Å². The zero-order valence-corrected chi connectivity index (χ0v) is 18.8. The molecule has 1 N–H and O–H groups in total. The molecule has 0 fully saturated rings. The average Bonchev–Trinajstić information content (AvgIpc) is 3.35. The first-order valence-corrected chi connectivity index (χ1v) is 10.6. The van der Waals surface area contributed by atoms with E-state index >= 15 is 0 Å². The Balaban J connectivity index is 1.37. The van der Waals surface area contributed by atoms with Crippen molar-refractivity contribution in [3.63, 3.8) is 0 Å². The van der Waals surface area contributed by atoms with Crippen LogP contribution in [0.3, 0.4) is 0 Å². The monoisotopic (exact) mass is 479 g/mol. The summed E-state index contributed by atoms with van der Waals surface area (Å²) >= 11 is 3.39. The number of ether oxygens (including phenoxy) is 1. The van der Waals surface area contributed by atoms with Crippen LogP contribution in [0, 0.1) is 13.8 Å². The predicted molar refractivity (Wildman–Crippen MR) is 122 cm³/mol. The number of aromatic nitrogens is 4. The topological polar surface area (TPSA) is 74.0 Å². The zero-order chi connectivity index (χ0) is 21.8. The Morgan fingerprint density at radius 2 is 1.90 bits per heavy atom. The molecule has 0 unspecified atom stereocenters. The Morgan fingerprint density at radius 1 is 1.10 bits per heavy atom. The lowest BCUT2D eigenvalue weighted by Gasteiger charge is -2.08. The van der Waals surface area contributed by atoms with Crippen molar-refractivity contribution in [1.29, 1.82) is 0 Å². The van der Waals surface area contributed by atoms with E-state index in [0.717, 1.165) is 26.9 Å². The number of carbonyl (C=O) groups is 1. The molecule has 0 bridgehead atoms. The van der Waals surface area contributed by atoms with Gasteiger partial charge in [0.2, 0.25) is 0 Å². The van der Waals surface area contributed by atoms with Crippen molar-refractivity contribution >= 4 is 27.5 Å². The van der Waals surface area contributed by atoms with E-state index in [1.54, 1.807) is 23.1 Å². The summed E-state index contributed by atoms with van der Waals surface area (Å²) < 4.78 is 10.1. The predicted octanol–water partition coefficient (Wildman–Crippen LogP) is 4.80. The molecule has 4 rings (SSSR count). The highest BCUT2D eigenvalue weighted by atomic mass is 79.9. The van der Waals surface area contributed by atoms with Crippen molar-refractivity contribution in [2.75, 3.05) is 5.32 Å². The molecule has 0 saturated heterocycles. The van der Waals surface area contributed by atoms with Gasteiger partial charge in [-0.15, -0.1) is 0 Å². The van der Waals surface area contributed by atoms with E-state index in [-0.39, 0.29) is 12.6 Å². The molecule has 2 aromatic carbocycles. The Labute approximate surface area is 188 Å². The summed E-state index contributed by atoms with van der Waals surface area (Å²) in [5.74, 6) is 0.504. The molecule has 0 radical (unpaired) electrons. The van der Waals surface area contributed by atoms with Crippen molar-refractivity contribution in [1.82, 2.24) is 19.6 Å². The molecule has 0 aliphatic carbocycles. The smallest absolute Gasteiger partial charge is 0.276 e. The molecule has 158 valence electrons. The zero-order valence-electron chi connectivity index (χ0n) is 17.2. The van der Waals surface area contributed by atoms with E-state index in [9.17, 15) is 4.79 Å². The molecule has 2 heterocycles. The van der Waals surface area contributed by atoms with Gasteiger partial charge < -0.3 is 10.1 Å². The van der Waals surface area contributed by atoms with Crippen LogP contribution in [-0.4, -0.2) is 25.5 Å². The number of amides is 1. The van der Waals surface area contributed by atoms with Crippen molar-refractivity contribution in [3.05, 3.63) is 94.0 Å². The molecular weight excluding hydrogens is 458 g/mol. The third kappa shape index (κ3) is 5.61. The SMILES string of the molecule is Cc1cc(C)cc(OCn2ccc(C(=O)Nc3cccc(Cn4cc(Br)cn4)c3)n2)c1. The van der Waals surface area contributed by atoms with Gasteiger partial charge in [-0.1, -0.05) is 18.2 Å². The van der Waals surface area contributed by atoms with Gasteiger partial charge in [0.1, 0.15) is 5.75 Å². The third-order valence-electron chi connectivity index (χ3n) is 4.56. The standard InChI is InChI=1S/C23H22BrN5O2/c1-16-8-17(2)10-21(9-16)31-15-28-7-6-22(27-28)23(30)26-20-5-3-4-18(11-20)13-29-14-19(24)12-25-29/h3-12,14H,13,15H2,1-2H3,(H,26,30). The minimum atomic E-state index is -0.274. The van der Waals surface area contributed by atoms with Crippen LogP contribution < -0.4 is 10.1 Å². The second-order valence-electron chi connectivity index (χ2n) is 7.35. The number of hydrogen-bond donors (Lipinski definition) is 1. The van der Waals surface area contributed by atoms with Gasteiger partial charge in [0.05, 0.1) is 17.2 Å². The second-order valence-corrected chi connectivity index (χ2v) is 8.26. The lowest BCUT2D eigenvalue weighted by molar-refractivity contribution is 0.102. The van der Waals surface area contributed by atoms with Gasteiger partial charge in [-0.25, -0.2) is 4.68 Å². The number of carbonyl (C=O) groups excluding carboxylic acids is 1. The minimum Gasteiger partial charge on any atom is -0.471 e. The quantitative estimate of drug-likeness (QED) is 0.413. The van der Waals surface area contributed by atoms with Gasteiger partial charge >= 0.3 is 0 Å². The summed E-state index contributed by atoms with van der Waals surface area (Å²) in [6.07, 6.45) is 5.37. The van der Waals surface area contributed by atoms with Crippen LogP contribution >= 0.6 is 15.9 Å². The summed E-state index contributed by atoms with van der Waals surface area (Å²) in [6, 6.07) is 15.4. The molecule has 31 heavy (non-hydrogen) atoms. The molecule has 2 aromatic heterocycles. The molecule has 8 heteroatoms. The number of halogens is 1. The number of nitrogens with one attached hydrogen (secondary N) is 1. The largest absolute Gasteiger partial charge is 0.471 e. The van der Waals surface area contributed by atoms with Gasteiger partial charge in [0.15, 0.2) is 12.4 Å². The number of hydrogen-bond acceptors (Lipinski definition) is 4. The van der Waals surface area contributed by atoms with Crippen molar-refractivity contribution in [3.8, 4) is 5.75 Å². The van der Waals surface area contributed by atoms with E-state index in [2.05, 4.69) is 37.5 Å². The van der Waals surface area contributed by atoms with Gasteiger partial charge in [-0.05, 0) is 76.8 Å². The molecule has 0 aliphatic rings. The highest BCUT2D eigenvalue weighted by Gasteiger charge is 2.11. The van der Waals surface area contributed by atoms with E-state index in [1.165, 1.54) is 0 Å². The summed E-state index contributed by atoms with van der Waals surface area (Å²) in [4.78, 5) is 12.6. The van der Waals surface area contributed by atoms with E-state index in [1.807, 2.05) is 61.1 Å². The molecule has 0 saturated carbocycles. The summed E-state index contributed by atoms with van der Waals surface area (Å²) in [5.41, 5.74) is 4.33. The third-order valence-corrected chi connectivity index (χ3v) is 4.97. The maximum absolute atomic E-state index is 12.6. The highest BCUT2D eigenvalue weighted by Crippen LogP contribution is 2.17. The van der Waals surface area contributed by atoms with Gasteiger partial charge in [0, 0.05) is 18.1 Å². The summed E-state index contributed by atoms with van der Waals surface area (Å²) in [6.45, 7) is 4.89. The van der Waals surface area contributed by atoms with Crippen molar-refractivity contribution in [2.45, 2.75) is 27.1 Å². The van der Waals surface area contributed by atoms with Gasteiger partial charge in [-0.2, -0.15) is 10.2 Å². The number of benzene rings is 2. The van der Waals surface area contributed by atoms with Crippen LogP contribution in [0.15, 0.2) is 71.6 Å². The van der Waals surface area contributed by atoms with Crippen LogP contribution in [0.1, 0.15) is 27.2 Å². The normalized spacial score (nSPS) is 10.8. The van der Waals surface area contributed by atoms with Gasteiger partial charge in [-0.3, -0.25) is 9.48 Å². The lowest BCUT2D eigenvalue weighted by Crippen LogP contribution is -2.14. The highest BCUT2D eigenvalue weighted by molar-refractivity contribution is 9.10. The first-order chi connectivity index (χ1) is 14.9. The number of aryl methyl sites for hydroxylation is 2. The Kier molecular flexibility index (Phi) is 6.18. The van der Waals surface area contributed by atoms with Crippen LogP contribution in [0.5, 0.6) is 5.75 Å². The average molecular weight is 480 g/mol. The molecule has 4 aromatic rings. The lowest BCUT2D eigenvalue weighted by atomic mass is 10.1. The van der Waals surface area contributed by atoms with Crippen LogP contribution in [0.25, 0.3) is 0 Å². The molecule has 7 nitrogen and oxygen atoms in total. The number of rotatable bonds is 7. The fourth-order valence-corrected chi connectivity index (χ4v) is 3.59. The Morgan fingerprint density at radius 3 is 2.65 bits per heavy atom. The molecule has 0 aliphatic heterocycles. The summed E-state index contributed by atoms with van der Waals surface area (Å²) in [7, 11) is 0. The van der Waals surface area contributed by atoms with Crippen LogP contribution in [-0.2, 0) is 13.3 Å². The maximum Gasteiger partial charge on any atom is 0.276 e. The summed E-state index contributed by atoms with van der Waals surface area (Å²) in [5, 5.41) is 11.5. The first-order valence-electron chi connectivity index (χ1n) is 9.77. The Hall–Kier alpha value is -3.39. The number of anilines is 1. The van der Waals surface area contributed by atoms with E-state index < -0.39 is 0 Å². The fraction of sp³-hybridized carbons (Fsp3) is 0.174. The molecule has 1 amide bonds. The van der Waals surface area contributed by atoms with E-state index in [0.29, 0.717) is 17.9 Å². The first kappa shape index (κ1) is 20.9. The minimum absolute atomic E-state index is 0.227. The van der Waals surface area contributed by atoms with Gasteiger partial charge in [0.25, 0.3) is 5.91 Å². The van der Waals surface area contributed by atoms with Crippen LogP contribution in [0.4, 0.5) is 5.69 Å². The Bertz CT molecular complexity index is 1190. The van der Waals surface area contributed by atoms with Crippen molar-refractivity contribution < 1.29 is 9.53 Å².